The van der Waals surface area contributed by atoms with E-state index in [4.69, 9.17) is 11.1 Å². The Morgan fingerprint density at radius 2 is 1.42 bits per heavy atom. The molecule has 0 aliphatic carbocycles. The van der Waals surface area contributed by atoms with E-state index in [1.165, 1.54) is 9.80 Å². The summed E-state index contributed by atoms with van der Waals surface area (Å²) in [5.41, 5.74) is 8.04. The average molecular weight is 587 g/mol. The van der Waals surface area contributed by atoms with Crippen molar-refractivity contribution in [3.05, 3.63) is 107 Å². The van der Waals surface area contributed by atoms with Gasteiger partial charge in [-0.1, -0.05) is 72.8 Å². The van der Waals surface area contributed by atoms with E-state index in [-0.39, 0.29) is 37.3 Å². The van der Waals surface area contributed by atoms with Crippen molar-refractivity contribution < 1.29 is 24.3 Å². The molecule has 1 atom stereocenters. The number of aliphatic carboxylic acids is 1. The highest BCUT2D eigenvalue weighted by atomic mass is 16.4. The summed E-state index contributed by atoms with van der Waals surface area (Å²) in [5.74, 6) is -3.31. The van der Waals surface area contributed by atoms with Crippen LogP contribution in [0.2, 0.25) is 0 Å². The van der Waals surface area contributed by atoms with Gasteiger partial charge in [0, 0.05) is 32.7 Å². The van der Waals surface area contributed by atoms with Crippen LogP contribution >= 0.6 is 0 Å². The minimum atomic E-state index is -1.21. The van der Waals surface area contributed by atoms with Crippen molar-refractivity contribution in [1.82, 2.24) is 20.4 Å². The van der Waals surface area contributed by atoms with Crippen molar-refractivity contribution in [2.24, 2.45) is 5.73 Å². The third-order valence-corrected chi connectivity index (χ3v) is 6.82. The van der Waals surface area contributed by atoms with Gasteiger partial charge < -0.3 is 31.3 Å². The Labute approximate surface area is 251 Å². The number of carboxylic acid groups (broad SMARTS) is 1. The fourth-order valence-corrected chi connectivity index (χ4v) is 4.71. The predicted molar refractivity (Wildman–Crippen MR) is 163 cm³/mol. The van der Waals surface area contributed by atoms with Crippen LogP contribution < -0.4 is 16.4 Å². The standard InChI is InChI=1S/C32H38N6O5/c1-37(2)30(42)25-17-15-22(16-18-25)21-38(26(14-9-19-35-32(33)34)29(41)36-20-27(39)40)31(43)28(23-10-5-3-6-11-23)24-12-7-4-8-13-24/h3-8,10-13,15-18,26,28H,9,14,19-21H2,1-2H3,(H,36,41)(H,39,40)(H4,33,34,35)/t26-/m0/s1. The Hall–Kier alpha value is -5.19. The van der Waals surface area contributed by atoms with Crippen LogP contribution in [0.3, 0.4) is 0 Å². The summed E-state index contributed by atoms with van der Waals surface area (Å²) in [6.45, 7) is -0.301. The molecular formula is C32H38N6O5. The molecule has 0 saturated heterocycles. The van der Waals surface area contributed by atoms with Crippen LogP contribution in [0.4, 0.5) is 0 Å². The number of nitrogens with one attached hydrogen (secondary N) is 3. The lowest BCUT2D eigenvalue weighted by Crippen LogP contribution is -2.51. The van der Waals surface area contributed by atoms with Crippen LogP contribution in [0, 0.1) is 5.41 Å². The number of nitrogens with zero attached hydrogens (tertiary/aromatic N) is 2. The minimum Gasteiger partial charge on any atom is -0.480 e. The monoisotopic (exact) mass is 586 g/mol. The number of hydrogen-bond acceptors (Lipinski definition) is 5. The molecule has 43 heavy (non-hydrogen) atoms. The summed E-state index contributed by atoms with van der Waals surface area (Å²) in [7, 11) is 3.32. The van der Waals surface area contributed by atoms with Crippen LogP contribution in [0.5, 0.6) is 0 Å². The molecule has 0 fully saturated rings. The van der Waals surface area contributed by atoms with E-state index in [2.05, 4.69) is 10.6 Å². The molecule has 0 unspecified atom stereocenters. The number of hydrogen-bond donors (Lipinski definition) is 5. The zero-order chi connectivity index (χ0) is 31.4. The summed E-state index contributed by atoms with van der Waals surface area (Å²) in [4.78, 5) is 54.8. The van der Waals surface area contributed by atoms with Crippen LogP contribution in [-0.2, 0) is 20.9 Å². The lowest BCUT2D eigenvalue weighted by Gasteiger charge is -2.34. The number of amides is 3. The Bertz CT molecular complexity index is 1360. The molecule has 0 spiro atoms. The van der Waals surface area contributed by atoms with Crippen molar-refractivity contribution in [2.45, 2.75) is 31.3 Å². The molecule has 3 aromatic rings. The van der Waals surface area contributed by atoms with Gasteiger partial charge in [-0.25, -0.2) is 0 Å². The smallest absolute Gasteiger partial charge is 0.322 e. The van der Waals surface area contributed by atoms with Gasteiger partial charge in [0.25, 0.3) is 5.91 Å². The Morgan fingerprint density at radius 1 is 0.860 bits per heavy atom. The van der Waals surface area contributed by atoms with E-state index in [1.54, 1.807) is 38.4 Å². The van der Waals surface area contributed by atoms with E-state index in [9.17, 15) is 24.3 Å². The number of carboxylic acids is 1. The third-order valence-electron chi connectivity index (χ3n) is 6.82. The third kappa shape index (κ3) is 9.42. The maximum Gasteiger partial charge on any atom is 0.322 e. The van der Waals surface area contributed by atoms with E-state index in [0.717, 1.165) is 11.1 Å². The molecule has 0 aliphatic rings. The molecule has 6 N–H and O–H groups in total. The number of carbonyl (C=O) groups is 4. The lowest BCUT2D eigenvalue weighted by molar-refractivity contribution is -0.143. The van der Waals surface area contributed by atoms with Crippen LogP contribution in [0.15, 0.2) is 84.9 Å². The first kappa shape index (κ1) is 32.3. The van der Waals surface area contributed by atoms with Gasteiger partial charge in [-0.05, 0) is 41.7 Å². The van der Waals surface area contributed by atoms with E-state index < -0.39 is 30.4 Å². The first-order valence-electron chi connectivity index (χ1n) is 13.9. The summed E-state index contributed by atoms with van der Waals surface area (Å²) in [6, 6.07) is 24.3. The quantitative estimate of drug-likeness (QED) is 0.110. The van der Waals surface area contributed by atoms with Crippen molar-refractivity contribution in [3.63, 3.8) is 0 Å². The van der Waals surface area contributed by atoms with Gasteiger partial charge >= 0.3 is 5.97 Å². The fourth-order valence-electron chi connectivity index (χ4n) is 4.71. The largest absolute Gasteiger partial charge is 0.480 e. The molecule has 3 rings (SSSR count). The summed E-state index contributed by atoms with van der Waals surface area (Å²) in [5, 5.41) is 21.8. The van der Waals surface area contributed by atoms with Gasteiger partial charge in [-0.15, -0.1) is 0 Å². The number of benzene rings is 3. The molecule has 0 aliphatic heterocycles. The minimum absolute atomic E-state index is 0.0245. The molecule has 0 radical (unpaired) electrons. The average Bonchev–Trinajstić information content (AvgIpc) is 3.00. The number of guanidine groups is 1. The predicted octanol–water partition coefficient (Wildman–Crippen LogP) is 2.38. The molecular weight excluding hydrogens is 548 g/mol. The second-order valence-corrected chi connectivity index (χ2v) is 10.2. The van der Waals surface area contributed by atoms with Crippen LogP contribution in [0.1, 0.15) is 45.8 Å². The molecule has 0 bridgehead atoms. The number of rotatable bonds is 14. The van der Waals surface area contributed by atoms with Gasteiger partial charge in [0.2, 0.25) is 11.8 Å². The zero-order valence-electron chi connectivity index (χ0n) is 24.3. The summed E-state index contributed by atoms with van der Waals surface area (Å²) in [6.07, 6.45) is 0.539. The summed E-state index contributed by atoms with van der Waals surface area (Å²) < 4.78 is 0. The Morgan fingerprint density at radius 3 is 1.91 bits per heavy atom. The maximum atomic E-state index is 14.6. The maximum absolute atomic E-state index is 14.6. The molecule has 0 aromatic heterocycles. The van der Waals surface area contributed by atoms with Crippen LogP contribution in [-0.4, -0.2) is 77.8 Å². The van der Waals surface area contributed by atoms with Gasteiger partial charge in [0.15, 0.2) is 5.96 Å². The van der Waals surface area contributed by atoms with Gasteiger partial charge in [0.05, 0.1) is 5.92 Å². The topological polar surface area (TPSA) is 169 Å². The van der Waals surface area contributed by atoms with E-state index >= 15 is 0 Å². The normalized spacial score (nSPS) is 11.3. The van der Waals surface area contributed by atoms with Crippen molar-refractivity contribution in [3.8, 4) is 0 Å². The number of nitrogens with two attached hydrogens (primary N) is 1. The molecule has 226 valence electrons. The number of carbonyl (C=O) groups excluding carboxylic acids is 3. The molecule has 11 heteroatoms. The molecule has 0 heterocycles. The van der Waals surface area contributed by atoms with E-state index in [0.29, 0.717) is 17.5 Å². The van der Waals surface area contributed by atoms with E-state index in [1.807, 2.05) is 60.7 Å². The molecule has 0 saturated carbocycles. The highest BCUT2D eigenvalue weighted by molar-refractivity contribution is 5.94. The Kier molecular flexibility index (Phi) is 11.8. The summed E-state index contributed by atoms with van der Waals surface area (Å²) >= 11 is 0. The molecule has 3 aromatic carbocycles. The van der Waals surface area contributed by atoms with Gasteiger partial charge in [-0.2, -0.15) is 0 Å². The van der Waals surface area contributed by atoms with Crippen molar-refractivity contribution in [2.75, 3.05) is 27.2 Å². The van der Waals surface area contributed by atoms with Crippen LogP contribution in [0.25, 0.3) is 0 Å². The highest BCUT2D eigenvalue weighted by Crippen LogP contribution is 2.29. The second kappa shape index (κ2) is 15.7. The fraction of sp³-hybridized carbons (Fsp3) is 0.281. The second-order valence-electron chi connectivity index (χ2n) is 10.2. The molecule has 11 nitrogen and oxygen atoms in total. The van der Waals surface area contributed by atoms with Crippen molar-refractivity contribution >= 4 is 29.7 Å². The zero-order valence-corrected chi connectivity index (χ0v) is 24.3. The highest BCUT2D eigenvalue weighted by Gasteiger charge is 2.35. The van der Waals surface area contributed by atoms with Crippen molar-refractivity contribution in [1.29, 1.82) is 5.41 Å². The lowest BCUT2D eigenvalue weighted by atomic mass is 9.89. The Balaban J connectivity index is 2.08. The van der Waals surface area contributed by atoms with Gasteiger partial charge in [0.1, 0.15) is 12.6 Å². The molecule has 3 amide bonds. The first-order valence-corrected chi connectivity index (χ1v) is 13.9. The van der Waals surface area contributed by atoms with Gasteiger partial charge in [-0.3, -0.25) is 24.6 Å². The first-order chi connectivity index (χ1) is 20.6. The SMILES string of the molecule is CN(C)C(=O)c1ccc(CN(C(=O)C(c2ccccc2)c2ccccc2)[C@@H](CCCNC(=N)N)C(=O)NCC(=O)O)cc1.